The second-order valence-corrected chi connectivity index (χ2v) is 22.5. The van der Waals surface area contributed by atoms with Crippen molar-refractivity contribution < 1.29 is 32.9 Å². The highest BCUT2D eigenvalue weighted by Crippen LogP contribution is 2.43. The molecular formula is C58H114N2O6P+. The zero-order valence-corrected chi connectivity index (χ0v) is 46.0. The smallest absolute Gasteiger partial charge is 0.387 e. The number of quaternary nitrogens is 1. The fraction of sp³-hybridized carbons (Fsp3) is 0.879. The van der Waals surface area contributed by atoms with Gasteiger partial charge in [0.05, 0.1) is 39.9 Å². The molecule has 0 fully saturated rings. The van der Waals surface area contributed by atoms with Crippen LogP contribution in [0.3, 0.4) is 0 Å². The van der Waals surface area contributed by atoms with Gasteiger partial charge in [0.15, 0.2) is 0 Å². The van der Waals surface area contributed by atoms with Gasteiger partial charge >= 0.3 is 7.82 Å². The first-order valence-corrected chi connectivity index (χ1v) is 30.4. The molecule has 0 heterocycles. The topological polar surface area (TPSA) is 105 Å². The fourth-order valence-electron chi connectivity index (χ4n) is 8.53. The molecule has 396 valence electrons. The van der Waals surface area contributed by atoms with Crippen molar-refractivity contribution in [2.24, 2.45) is 0 Å². The maximum Gasteiger partial charge on any atom is 0.472 e. The standard InChI is InChI=1S/C58H113N2O6P/c1-6-8-10-12-14-16-18-20-22-23-24-25-26-27-28-29-30-31-32-33-34-35-36-37-38-39-41-43-45-47-49-51-57(61)56(55-66-67(63,64)65-54-53-60(3,4)5)59-58(62)52-50-48-46-44-42-40-21-19-17-15-13-11-9-7-2/h19,21,41,43,49,51,56-57,61H,6-18,20,22-40,42,44-48,50,52-55H2,1-5H3,(H-,59,62,63,64)/p+1/b21-19-,43-41+,51-49+. The number of phosphoric ester groups is 1. The van der Waals surface area contributed by atoms with Crippen LogP contribution < -0.4 is 5.32 Å². The van der Waals surface area contributed by atoms with E-state index in [-0.39, 0.29) is 19.1 Å². The first kappa shape index (κ1) is 65.7. The maximum absolute atomic E-state index is 12.9. The van der Waals surface area contributed by atoms with Gasteiger partial charge in [-0.1, -0.05) is 249 Å². The Morgan fingerprint density at radius 3 is 1.19 bits per heavy atom. The van der Waals surface area contributed by atoms with E-state index in [1.165, 1.54) is 205 Å². The van der Waals surface area contributed by atoms with Crippen LogP contribution in [0, 0.1) is 0 Å². The van der Waals surface area contributed by atoms with Crippen LogP contribution in [0.4, 0.5) is 0 Å². The Bertz CT molecular complexity index is 1190. The second kappa shape index (κ2) is 49.7. The minimum Gasteiger partial charge on any atom is -0.387 e. The van der Waals surface area contributed by atoms with E-state index < -0.39 is 20.0 Å². The number of aliphatic hydroxyl groups excluding tert-OH is 1. The number of amides is 1. The summed E-state index contributed by atoms with van der Waals surface area (Å²) in [7, 11) is 1.55. The molecule has 0 radical (unpaired) electrons. The number of carbonyl (C=O) groups is 1. The summed E-state index contributed by atoms with van der Waals surface area (Å²) in [6, 6.07) is -0.867. The summed E-state index contributed by atoms with van der Waals surface area (Å²) in [5, 5.41) is 13.9. The zero-order chi connectivity index (χ0) is 49.2. The van der Waals surface area contributed by atoms with Gasteiger partial charge in [-0.3, -0.25) is 13.8 Å². The molecule has 0 aromatic carbocycles. The van der Waals surface area contributed by atoms with Gasteiger partial charge in [-0.15, -0.1) is 0 Å². The van der Waals surface area contributed by atoms with Crippen LogP contribution in [0.2, 0.25) is 0 Å². The highest BCUT2D eigenvalue weighted by atomic mass is 31.2. The summed E-state index contributed by atoms with van der Waals surface area (Å²) < 4.78 is 23.6. The molecular weight excluding hydrogens is 852 g/mol. The molecule has 67 heavy (non-hydrogen) atoms. The predicted molar refractivity (Wildman–Crippen MR) is 291 cm³/mol. The first-order valence-electron chi connectivity index (χ1n) is 28.9. The molecule has 0 aromatic rings. The highest BCUT2D eigenvalue weighted by Gasteiger charge is 2.27. The lowest BCUT2D eigenvalue weighted by Gasteiger charge is -2.25. The van der Waals surface area contributed by atoms with E-state index in [1.807, 2.05) is 27.2 Å². The molecule has 0 aliphatic carbocycles. The summed E-state index contributed by atoms with van der Waals surface area (Å²) in [6.07, 6.45) is 64.1. The molecule has 0 spiro atoms. The average Bonchev–Trinajstić information content (AvgIpc) is 3.29. The third-order valence-corrected chi connectivity index (χ3v) is 14.1. The second-order valence-electron chi connectivity index (χ2n) is 21.0. The van der Waals surface area contributed by atoms with Gasteiger partial charge in [0.25, 0.3) is 0 Å². The van der Waals surface area contributed by atoms with E-state index in [2.05, 4.69) is 43.5 Å². The third kappa shape index (κ3) is 52.4. The number of nitrogens with zero attached hydrogens (tertiary/aromatic N) is 1. The Kier molecular flexibility index (Phi) is 48.7. The van der Waals surface area contributed by atoms with Gasteiger partial charge in [0.1, 0.15) is 13.2 Å². The normalized spacial score (nSPS) is 14.2. The maximum atomic E-state index is 12.9. The number of hydrogen-bond donors (Lipinski definition) is 3. The summed E-state index contributed by atoms with van der Waals surface area (Å²) in [4.78, 5) is 23.2. The lowest BCUT2D eigenvalue weighted by Crippen LogP contribution is -2.45. The lowest BCUT2D eigenvalue weighted by molar-refractivity contribution is -0.870. The van der Waals surface area contributed by atoms with Crippen LogP contribution in [0.25, 0.3) is 0 Å². The number of allylic oxidation sites excluding steroid dienone is 5. The monoisotopic (exact) mass is 966 g/mol. The molecule has 0 rings (SSSR count). The summed E-state index contributed by atoms with van der Waals surface area (Å²) in [5.41, 5.74) is 0. The Labute approximate surface area is 417 Å². The number of hydrogen-bond acceptors (Lipinski definition) is 5. The molecule has 0 aliphatic rings. The van der Waals surface area contributed by atoms with Crippen molar-refractivity contribution in [2.45, 2.75) is 289 Å². The molecule has 3 atom stereocenters. The van der Waals surface area contributed by atoms with Gasteiger partial charge in [0, 0.05) is 6.42 Å². The minimum atomic E-state index is -4.35. The Hall–Kier alpha value is -1.28. The number of rotatable bonds is 53. The van der Waals surface area contributed by atoms with Gasteiger partial charge < -0.3 is 19.8 Å². The molecule has 8 nitrogen and oxygen atoms in total. The molecule has 0 aliphatic heterocycles. The van der Waals surface area contributed by atoms with E-state index in [9.17, 15) is 19.4 Å². The molecule has 0 aromatic heterocycles. The Morgan fingerprint density at radius 2 is 0.821 bits per heavy atom. The van der Waals surface area contributed by atoms with Crippen molar-refractivity contribution in [2.75, 3.05) is 40.9 Å². The van der Waals surface area contributed by atoms with Crippen LogP contribution >= 0.6 is 7.82 Å². The molecule has 0 saturated carbocycles. The largest absolute Gasteiger partial charge is 0.472 e. The number of phosphoric acid groups is 1. The quantitative estimate of drug-likeness (QED) is 0.0243. The lowest BCUT2D eigenvalue weighted by atomic mass is 10.0. The fourth-order valence-corrected chi connectivity index (χ4v) is 9.26. The SMILES string of the molecule is CCCCCCC/C=C\CCCCCCCC(=O)NC(COP(=O)(O)OCC[N+](C)(C)C)C(O)/C=C/CC/C=C/CCCCCCCCCCCCCCCCCCCCCCCCCCC. The predicted octanol–water partition coefficient (Wildman–Crippen LogP) is 17.4. The van der Waals surface area contributed by atoms with Crippen molar-refractivity contribution in [3.63, 3.8) is 0 Å². The Morgan fingerprint density at radius 1 is 0.493 bits per heavy atom. The zero-order valence-electron chi connectivity index (χ0n) is 45.2. The number of carbonyl (C=O) groups excluding carboxylic acids is 1. The van der Waals surface area contributed by atoms with Crippen LogP contribution in [-0.2, 0) is 18.4 Å². The van der Waals surface area contributed by atoms with E-state index in [0.29, 0.717) is 17.4 Å². The molecule has 3 N–H and O–H groups in total. The summed E-state index contributed by atoms with van der Waals surface area (Å²) >= 11 is 0. The third-order valence-electron chi connectivity index (χ3n) is 13.1. The molecule has 9 heteroatoms. The van der Waals surface area contributed by atoms with Crippen LogP contribution in [-0.4, -0.2) is 73.4 Å². The average molecular weight is 967 g/mol. The molecule has 3 unspecified atom stereocenters. The van der Waals surface area contributed by atoms with Gasteiger partial charge in [-0.2, -0.15) is 0 Å². The molecule has 0 bridgehead atoms. The van der Waals surface area contributed by atoms with Gasteiger partial charge in [0.2, 0.25) is 5.91 Å². The van der Waals surface area contributed by atoms with Crippen molar-refractivity contribution in [3.05, 3.63) is 36.5 Å². The van der Waals surface area contributed by atoms with Crippen LogP contribution in [0.1, 0.15) is 277 Å². The summed E-state index contributed by atoms with van der Waals surface area (Å²) in [5.74, 6) is -0.194. The minimum absolute atomic E-state index is 0.0549. The van der Waals surface area contributed by atoms with Crippen LogP contribution in [0.5, 0.6) is 0 Å². The molecule has 0 saturated heterocycles. The Balaban J connectivity index is 4.13. The van der Waals surface area contributed by atoms with Crippen molar-refractivity contribution in [3.8, 4) is 0 Å². The first-order chi connectivity index (χ1) is 32.5. The van der Waals surface area contributed by atoms with Gasteiger partial charge in [-0.05, 0) is 57.8 Å². The number of likely N-dealkylation sites (N-methyl/N-ethyl adjacent to an activating group) is 1. The highest BCUT2D eigenvalue weighted by molar-refractivity contribution is 7.47. The number of nitrogens with one attached hydrogen (secondary N) is 1. The van der Waals surface area contributed by atoms with Crippen molar-refractivity contribution >= 4 is 13.7 Å². The number of aliphatic hydroxyl groups is 1. The van der Waals surface area contributed by atoms with Gasteiger partial charge in [-0.25, -0.2) is 4.57 Å². The van der Waals surface area contributed by atoms with Crippen LogP contribution in [0.15, 0.2) is 36.5 Å². The van der Waals surface area contributed by atoms with Crippen molar-refractivity contribution in [1.29, 1.82) is 0 Å². The van der Waals surface area contributed by atoms with E-state index in [1.54, 1.807) is 6.08 Å². The molecule has 1 amide bonds. The van der Waals surface area contributed by atoms with E-state index >= 15 is 0 Å². The van der Waals surface area contributed by atoms with E-state index in [0.717, 1.165) is 51.4 Å². The summed E-state index contributed by atoms with van der Waals surface area (Å²) in [6.45, 7) is 4.80. The van der Waals surface area contributed by atoms with Crippen molar-refractivity contribution in [1.82, 2.24) is 5.32 Å². The number of unbranched alkanes of at least 4 members (excludes halogenated alkanes) is 36. The van der Waals surface area contributed by atoms with E-state index in [4.69, 9.17) is 9.05 Å².